The van der Waals surface area contributed by atoms with Gasteiger partial charge in [0.05, 0.1) is 13.0 Å². The Hall–Kier alpha value is -1.57. The summed E-state index contributed by atoms with van der Waals surface area (Å²) in [5.74, 6) is 0.503. The molecule has 5 nitrogen and oxygen atoms in total. The van der Waals surface area contributed by atoms with Crippen molar-refractivity contribution in [2.75, 3.05) is 26.8 Å². The molecule has 0 saturated carbocycles. The Balaban J connectivity index is 1.95. The second kappa shape index (κ2) is 7.81. The molecule has 1 aliphatic heterocycles. The third-order valence-corrected chi connectivity index (χ3v) is 4.05. The second-order valence-corrected chi connectivity index (χ2v) is 5.77. The number of piperidine rings is 1. The maximum Gasteiger partial charge on any atom is 0.389 e. The van der Waals surface area contributed by atoms with Crippen LogP contribution in [0.5, 0.6) is 0 Å². The molecule has 8 heteroatoms. The van der Waals surface area contributed by atoms with Gasteiger partial charge in [-0.3, -0.25) is 4.79 Å². The summed E-state index contributed by atoms with van der Waals surface area (Å²) < 4.78 is 43.8. The van der Waals surface area contributed by atoms with Gasteiger partial charge in [-0.2, -0.15) is 13.2 Å². The summed E-state index contributed by atoms with van der Waals surface area (Å²) in [5.41, 5.74) is 0. The summed E-state index contributed by atoms with van der Waals surface area (Å²) in [6.07, 6.45) is -0.605. The van der Waals surface area contributed by atoms with Crippen LogP contribution in [-0.4, -0.2) is 53.3 Å². The Morgan fingerprint density at radius 2 is 2.26 bits per heavy atom. The van der Waals surface area contributed by atoms with E-state index in [9.17, 15) is 18.0 Å². The summed E-state index contributed by atoms with van der Waals surface area (Å²) in [5, 5.41) is 0. The van der Waals surface area contributed by atoms with Crippen LogP contribution in [0.4, 0.5) is 13.2 Å². The Morgan fingerprint density at radius 3 is 2.96 bits per heavy atom. The van der Waals surface area contributed by atoms with E-state index in [0.717, 1.165) is 18.7 Å². The molecular formula is C15H22F3N3O2. The lowest BCUT2D eigenvalue weighted by molar-refractivity contribution is -0.149. The Labute approximate surface area is 133 Å². The average molecular weight is 333 g/mol. The van der Waals surface area contributed by atoms with Gasteiger partial charge < -0.3 is 14.2 Å². The third kappa shape index (κ3) is 5.23. The molecule has 1 amide bonds. The maximum atomic E-state index is 12.3. The highest BCUT2D eigenvalue weighted by molar-refractivity contribution is 5.76. The van der Waals surface area contributed by atoms with Gasteiger partial charge in [0.2, 0.25) is 5.91 Å². The van der Waals surface area contributed by atoms with Gasteiger partial charge in [-0.15, -0.1) is 0 Å². The van der Waals surface area contributed by atoms with E-state index in [4.69, 9.17) is 4.74 Å². The third-order valence-electron chi connectivity index (χ3n) is 4.05. The SMILES string of the molecule is COCCn1ccnc1C1CCCN(C(=O)CCC(F)(F)F)C1. The number of amides is 1. The fourth-order valence-electron chi connectivity index (χ4n) is 2.88. The molecular weight excluding hydrogens is 311 g/mol. The van der Waals surface area contributed by atoms with E-state index in [0.29, 0.717) is 26.2 Å². The van der Waals surface area contributed by atoms with Crippen molar-refractivity contribution in [2.45, 2.75) is 44.3 Å². The van der Waals surface area contributed by atoms with E-state index in [1.807, 2.05) is 10.8 Å². The first-order chi connectivity index (χ1) is 10.9. The quantitative estimate of drug-likeness (QED) is 0.804. The van der Waals surface area contributed by atoms with Gasteiger partial charge in [0.15, 0.2) is 0 Å². The number of aromatic nitrogens is 2. The number of nitrogens with zero attached hydrogens (tertiary/aromatic N) is 3. The fraction of sp³-hybridized carbons (Fsp3) is 0.733. The van der Waals surface area contributed by atoms with Gasteiger partial charge in [0.25, 0.3) is 0 Å². The van der Waals surface area contributed by atoms with E-state index < -0.39 is 24.9 Å². The molecule has 1 aromatic heterocycles. The maximum absolute atomic E-state index is 12.3. The molecule has 0 N–H and O–H groups in total. The fourth-order valence-corrected chi connectivity index (χ4v) is 2.88. The van der Waals surface area contributed by atoms with Crippen LogP contribution in [0.3, 0.4) is 0 Å². The number of hydrogen-bond acceptors (Lipinski definition) is 3. The van der Waals surface area contributed by atoms with Crippen LogP contribution < -0.4 is 0 Å². The van der Waals surface area contributed by atoms with Gasteiger partial charge in [0.1, 0.15) is 5.82 Å². The molecule has 1 aromatic rings. The molecule has 0 spiro atoms. The number of hydrogen-bond donors (Lipinski definition) is 0. The molecule has 1 fully saturated rings. The van der Waals surface area contributed by atoms with E-state index >= 15 is 0 Å². The molecule has 23 heavy (non-hydrogen) atoms. The first kappa shape index (κ1) is 17.8. The Kier molecular flexibility index (Phi) is 6.04. The smallest absolute Gasteiger partial charge is 0.383 e. The van der Waals surface area contributed by atoms with Gasteiger partial charge in [-0.05, 0) is 12.8 Å². The molecule has 1 saturated heterocycles. The zero-order chi connectivity index (χ0) is 16.9. The monoisotopic (exact) mass is 333 g/mol. The van der Waals surface area contributed by atoms with Gasteiger partial charge in [-0.25, -0.2) is 4.98 Å². The molecule has 130 valence electrons. The highest BCUT2D eigenvalue weighted by atomic mass is 19.4. The predicted octanol–water partition coefficient (Wildman–Crippen LogP) is 2.58. The highest BCUT2D eigenvalue weighted by Gasteiger charge is 2.31. The molecule has 2 heterocycles. The van der Waals surface area contributed by atoms with Crippen molar-refractivity contribution in [3.63, 3.8) is 0 Å². The minimum Gasteiger partial charge on any atom is -0.383 e. The minimum absolute atomic E-state index is 0.0606. The van der Waals surface area contributed by atoms with Crippen molar-refractivity contribution < 1.29 is 22.7 Å². The largest absolute Gasteiger partial charge is 0.389 e. The van der Waals surface area contributed by atoms with Crippen molar-refractivity contribution >= 4 is 5.91 Å². The van der Waals surface area contributed by atoms with Crippen molar-refractivity contribution in [3.05, 3.63) is 18.2 Å². The van der Waals surface area contributed by atoms with Crippen LogP contribution in [0.1, 0.15) is 37.4 Å². The lowest BCUT2D eigenvalue weighted by atomic mass is 9.96. The Bertz CT molecular complexity index is 516. The average Bonchev–Trinajstić information content (AvgIpc) is 2.98. The molecule has 0 aromatic carbocycles. The number of halogens is 3. The summed E-state index contributed by atoms with van der Waals surface area (Å²) in [7, 11) is 1.62. The summed E-state index contributed by atoms with van der Waals surface area (Å²) in [6.45, 7) is 2.18. The van der Waals surface area contributed by atoms with Crippen LogP contribution in [0.15, 0.2) is 12.4 Å². The normalized spacial score (nSPS) is 19.1. The lowest BCUT2D eigenvalue weighted by Gasteiger charge is -2.33. The molecule has 0 bridgehead atoms. The molecule has 0 radical (unpaired) electrons. The van der Waals surface area contributed by atoms with E-state index in [-0.39, 0.29) is 5.92 Å². The van der Waals surface area contributed by atoms with Crippen LogP contribution in [0.2, 0.25) is 0 Å². The van der Waals surface area contributed by atoms with Gasteiger partial charge in [0, 0.05) is 51.5 Å². The van der Waals surface area contributed by atoms with E-state index in [1.165, 1.54) is 4.90 Å². The molecule has 2 rings (SSSR count). The number of carbonyl (C=O) groups is 1. The van der Waals surface area contributed by atoms with E-state index in [2.05, 4.69) is 4.98 Å². The summed E-state index contributed by atoms with van der Waals surface area (Å²) in [6, 6.07) is 0. The number of imidazole rings is 1. The second-order valence-electron chi connectivity index (χ2n) is 5.77. The molecule has 1 atom stereocenters. The molecule has 0 aliphatic carbocycles. The van der Waals surface area contributed by atoms with Crippen LogP contribution in [0, 0.1) is 0 Å². The van der Waals surface area contributed by atoms with Crippen LogP contribution in [-0.2, 0) is 16.1 Å². The molecule has 1 unspecified atom stereocenters. The standard InChI is InChI=1S/C15H22F3N3O2/c1-23-10-9-20-8-6-19-14(20)12-3-2-7-21(11-12)13(22)4-5-15(16,17)18/h6,8,12H,2-5,7,9-11H2,1H3. The topological polar surface area (TPSA) is 47.4 Å². The van der Waals surface area contributed by atoms with Crippen molar-refractivity contribution in [2.24, 2.45) is 0 Å². The zero-order valence-electron chi connectivity index (χ0n) is 13.2. The number of carbonyl (C=O) groups excluding carboxylic acids is 1. The van der Waals surface area contributed by atoms with Crippen LogP contribution in [0.25, 0.3) is 0 Å². The van der Waals surface area contributed by atoms with Crippen molar-refractivity contribution in [1.29, 1.82) is 0 Å². The minimum atomic E-state index is -4.29. The van der Waals surface area contributed by atoms with Crippen LogP contribution >= 0.6 is 0 Å². The van der Waals surface area contributed by atoms with E-state index in [1.54, 1.807) is 13.3 Å². The summed E-state index contributed by atoms with van der Waals surface area (Å²) >= 11 is 0. The number of methoxy groups -OCH3 is 1. The van der Waals surface area contributed by atoms with Gasteiger partial charge >= 0.3 is 6.18 Å². The first-order valence-electron chi connectivity index (χ1n) is 7.75. The number of alkyl halides is 3. The lowest BCUT2D eigenvalue weighted by Crippen LogP contribution is -2.40. The van der Waals surface area contributed by atoms with Crippen molar-refractivity contribution in [1.82, 2.24) is 14.5 Å². The molecule has 1 aliphatic rings. The number of likely N-dealkylation sites (tertiary alicyclic amines) is 1. The predicted molar refractivity (Wildman–Crippen MR) is 77.9 cm³/mol. The number of rotatable bonds is 6. The highest BCUT2D eigenvalue weighted by Crippen LogP contribution is 2.27. The van der Waals surface area contributed by atoms with Gasteiger partial charge in [-0.1, -0.05) is 0 Å². The van der Waals surface area contributed by atoms with Crippen molar-refractivity contribution in [3.8, 4) is 0 Å². The number of ether oxygens (including phenoxy) is 1. The first-order valence-corrected chi connectivity index (χ1v) is 7.75. The zero-order valence-corrected chi connectivity index (χ0v) is 13.2. The Morgan fingerprint density at radius 1 is 1.48 bits per heavy atom. The summed E-state index contributed by atoms with van der Waals surface area (Å²) in [4.78, 5) is 17.9.